The molecule has 1 amide bonds. The highest BCUT2D eigenvalue weighted by Gasteiger charge is 2.34. The van der Waals surface area contributed by atoms with E-state index in [4.69, 9.17) is 9.84 Å². The summed E-state index contributed by atoms with van der Waals surface area (Å²) in [4.78, 5) is 23.1. The molecule has 0 spiro atoms. The maximum Gasteiger partial charge on any atom is 0.305 e. The normalized spacial score (nSPS) is 23.5. The first kappa shape index (κ1) is 16.9. The molecule has 116 valence electrons. The number of ether oxygens (including phenoxy) is 1. The van der Waals surface area contributed by atoms with E-state index in [0.29, 0.717) is 19.6 Å². The van der Waals surface area contributed by atoms with E-state index in [1.165, 1.54) is 0 Å². The molecule has 1 rings (SSSR count). The van der Waals surface area contributed by atoms with Gasteiger partial charge in [-0.2, -0.15) is 0 Å². The summed E-state index contributed by atoms with van der Waals surface area (Å²) in [7, 11) is 0. The molecule has 3 unspecified atom stereocenters. The van der Waals surface area contributed by atoms with Crippen molar-refractivity contribution in [3.63, 3.8) is 0 Å². The molecule has 1 saturated heterocycles. The number of amides is 1. The molecule has 1 aliphatic rings. The molecule has 6 heteroatoms. The topological polar surface area (TPSA) is 87.7 Å². The third-order valence-electron chi connectivity index (χ3n) is 3.48. The minimum Gasteiger partial charge on any atom is -0.481 e. The predicted octanol–water partition coefficient (Wildman–Crippen LogP) is 0.761. The quantitative estimate of drug-likeness (QED) is 0.582. The highest BCUT2D eigenvalue weighted by molar-refractivity contribution is 5.81. The Morgan fingerprint density at radius 3 is 2.65 bits per heavy atom. The Labute approximate surface area is 120 Å². The number of carboxylic acids is 1. The van der Waals surface area contributed by atoms with E-state index in [-0.39, 0.29) is 30.3 Å². The summed E-state index contributed by atoms with van der Waals surface area (Å²) in [5, 5.41) is 15.0. The van der Waals surface area contributed by atoms with Gasteiger partial charge in [0.25, 0.3) is 0 Å². The van der Waals surface area contributed by atoms with Crippen LogP contribution in [0.3, 0.4) is 0 Å². The summed E-state index contributed by atoms with van der Waals surface area (Å²) in [6.07, 6.45) is 2.50. The molecular weight excluding hydrogens is 260 g/mol. The molecule has 3 atom stereocenters. The standard InChI is InChI=1S/C14H26N2O4/c1-3-5-10(7-13(17)18)16-14(19)11-8-20-9-12(11)15-6-4-2/h10-12,15H,3-9H2,1-2H3,(H,16,19)(H,17,18). The monoisotopic (exact) mass is 286 g/mol. The lowest BCUT2D eigenvalue weighted by Gasteiger charge is -2.22. The number of hydrogen-bond acceptors (Lipinski definition) is 4. The van der Waals surface area contributed by atoms with Gasteiger partial charge in [-0.3, -0.25) is 9.59 Å². The zero-order valence-electron chi connectivity index (χ0n) is 12.4. The van der Waals surface area contributed by atoms with Crippen LogP contribution in [0.25, 0.3) is 0 Å². The van der Waals surface area contributed by atoms with Gasteiger partial charge < -0.3 is 20.5 Å². The van der Waals surface area contributed by atoms with Crippen LogP contribution in [0, 0.1) is 5.92 Å². The van der Waals surface area contributed by atoms with E-state index in [1.54, 1.807) is 0 Å². The molecule has 1 heterocycles. The number of carbonyl (C=O) groups is 2. The minimum atomic E-state index is -0.882. The number of aliphatic carboxylic acids is 1. The highest BCUT2D eigenvalue weighted by Crippen LogP contribution is 2.15. The van der Waals surface area contributed by atoms with Crippen LogP contribution in [0.2, 0.25) is 0 Å². The summed E-state index contributed by atoms with van der Waals surface area (Å²) in [5.74, 6) is -1.21. The lowest BCUT2D eigenvalue weighted by molar-refractivity contribution is -0.137. The molecule has 0 aromatic heterocycles. The third-order valence-corrected chi connectivity index (χ3v) is 3.48. The Hall–Kier alpha value is -1.14. The molecule has 0 bridgehead atoms. The first-order chi connectivity index (χ1) is 9.58. The van der Waals surface area contributed by atoms with Crippen molar-refractivity contribution in [3.8, 4) is 0 Å². The van der Waals surface area contributed by atoms with Crippen molar-refractivity contribution in [1.29, 1.82) is 0 Å². The largest absolute Gasteiger partial charge is 0.481 e. The average Bonchev–Trinajstić information content (AvgIpc) is 2.84. The van der Waals surface area contributed by atoms with Gasteiger partial charge >= 0.3 is 5.97 Å². The summed E-state index contributed by atoms with van der Waals surface area (Å²) in [6, 6.07) is -0.264. The van der Waals surface area contributed by atoms with Crippen LogP contribution in [-0.4, -0.2) is 48.8 Å². The summed E-state index contributed by atoms with van der Waals surface area (Å²) in [6.45, 7) is 5.84. The van der Waals surface area contributed by atoms with E-state index in [2.05, 4.69) is 17.6 Å². The van der Waals surface area contributed by atoms with Gasteiger partial charge in [-0.25, -0.2) is 0 Å². The van der Waals surface area contributed by atoms with Crippen molar-refractivity contribution in [2.75, 3.05) is 19.8 Å². The summed E-state index contributed by atoms with van der Waals surface area (Å²) in [5.41, 5.74) is 0. The van der Waals surface area contributed by atoms with E-state index < -0.39 is 5.97 Å². The number of nitrogens with one attached hydrogen (secondary N) is 2. The van der Waals surface area contributed by atoms with Crippen molar-refractivity contribution < 1.29 is 19.4 Å². The second-order valence-corrected chi connectivity index (χ2v) is 5.30. The molecule has 0 aromatic rings. The number of carboxylic acid groups (broad SMARTS) is 1. The summed E-state index contributed by atoms with van der Waals surface area (Å²) < 4.78 is 5.37. The molecule has 0 aromatic carbocycles. The van der Waals surface area contributed by atoms with E-state index >= 15 is 0 Å². The lowest BCUT2D eigenvalue weighted by Crippen LogP contribution is -2.47. The predicted molar refractivity (Wildman–Crippen MR) is 75.5 cm³/mol. The fourth-order valence-electron chi connectivity index (χ4n) is 2.44. The van der Waals surface area contributed by atoms with Crippen LogP contribution >= 0.6 is 0 Å². The fraction of sp³-hybridized carbons (Fsp3) is 0.857. The number of hydrogen-bond donors (Lipinski definition) is 3. The molecule has 0 aliphatic carbocycles. The maximum atomic E-state index is 12.3. The van der Waals surface area contributed by atoms with Crippen molar-refractivity contribution in [2.24, 2.45) is 5.92 Å². The minimum absolute atomic E-state index is 0.0276. The lowest BCUT2D eigenvalue weighted by atomic mass is 10.0. The van der Waals surface area contributed by atoms with E-state index in [9.17, 15) is 9.59 Å². The van der Waals surface area contributed by atoms with Crippen molar-refractivity contribution >= 4 is 11.9 Å². The second kappa shape index (κ2) is 8.92. The Kier molecular flexibility index (Phi) is 7.54. The van der Waals surface area contributed by atoms with Gasteiger partial charge in [-0.05, 0) is 19.4 Å². The van der Waals surface area contributed by atoms with Gasteiger partial charge in [-0.1, -0.05) is 20.3 Å². The van der Waals surface area contributed by atoms with Gasteiger partial charge in [-0.15, -0.1) is 0 Å². The Balaban J connectivity index is 2.51. The van der Waals surface area contributed by atoms with E-state index in [1.807, 2.05) is 6.92 Å². The Morgan fingerprint density at radius 2 is 2.05 bits per heavy atom. The Bertz CT molecular complexity index is 322. The molecule has 1 fully saturated rings. The third kappa shape index (κ3) is 5.46. The molecule has 1 aliphatic heterocycles. The zero-order valence-corrected chi connectivity index (χ0v) is 12.4. The van der Waals surface area contributed by atoms with Gasteiger partial charge in [0, 0.05) is 12.1 Å². The fourth-order valence-corrected chi connectivity index (χ4v) is 2.44. The molecule has 20 heavy (non-hydrogen) atoms. The number of rotatable bonds is 9. The van der Waals surface area contributed by atoms with Crippen LogP contribution in [0.4, 0.5) is 0 Å². The number of carbonyl (C=O) groups excluding carboxylic acids is 1. The molecule has 0 saturated carbocycles. The SMILES string of the molecule is CCCNC1COCC1C(=O)NC(CCC)CC(=O)O. The van der Waals surface area contributed by atoms with Crippen LogP contribution in [0.15, 0.2) is 0 Å². The van der Waals surface area contributed by atoms with Gasteiger partial charge in [0.2, 0.25) is 5.91 Å². The van der Waals surface area contributed by atoms with Crippen molar-refractivity contribution in [3.05, 3.63) is 0 Å². The second-order valence-electron chi connectivity index (χ2n) is 5.30. The van der Waals surface area contributed by atoms with Crippen LogP contribution in [0.1, 0.15) is 39.5 Å². The smallest absolute Gasteiger partial charge is 0.305 e. The molecule has 3 N–H and O–H groups in total. The first-order valence-electron chi connectivity index (χ1n) is 7.41. The van der Waals surface area contributed by atoms with Gasteiger partial charge in [0.05, 0.1) is 25.6 Å². The summed E-state index contributed by atoms with van der Waals surface area (Å²) >= 11 is 0. The van der Waals surface area contributed by atoms with Gasteiger partial charge in [0.15, 0.2) is 0 Å². The molecule has 0 radical (unpaired) electrons. The van der Waals surface area contributed by atoms with Crippen LogP contribution < -0.4 is 10.6 Å². The first-order valence-corrected chi connectivity index (χ1v) is 7.41. The van der Waals surface area contributed by atoms with Crippen LogP contribution in [-0.2, 0) is 14.3 Å². The highest BCUT2D eigenvalue weighted by atomic mass is 16.5. The van der Waals surface area contributed by atoms with Gasteiger partial charge in [0.1, 0.15) is 0 Å². The van der Waals surface area contributed by atoms with Crippen molar-refractivity contribution in [2.45, 2.75) is 51.6 Å². The van der Waals surface area contributed by atoms with E-state index in [0.717, 1.165) is 19.4 Å². The average molecular weight is 286 g/mol. The van der Waals surface area contributed by atoms with Crippen molar-refractivity contribution in [1.82, 2.24) is 10.6 Å². The molecular formula is C14H26N2O4. The Morgan fingerprint density at radius 1 is 1.30 bits per heavy atom. The van der Waals surface area contributed by atoms with Crippen LogP contribution in [0.5, 0.6) is 0 Å². The zero-order chi connectivity index (χ0) is 15.0. The molecule has 6 nitrogen and oxygen atoms in total. The maximum absolute atomic E-state index is 12.3.